The summed E-state index contributed by atoms with van der Waals surface area (Å²) < 4.78 is 0. The van der Waals surface area contributed by atoms with Gasteiger partial charge < -0.3 is 21.5 Å². The number of benzene rings is 2. The quantitative estimate of drug-likeness (QED) is 0.202. The van der Waals surface area contributed by atoms with Gasteiger partial charge in [-0.3, -0.25) is 19.2 Å². The first kappa shape index (κ1) is 27.2. The van der Waals surface area contributed by atoms with Gasteiger partial charge in [0.25, 0.3) is 5.91 Å². The maximum absolute atomic E-state index is 13.0. The number of amides is 2. The van der Waals surface area contributed by atoms with Gasteiger partial charge in [-0.1, -0.05) is 30.3 Å². The van der Waals surface area contributed by atoms with E-state index < -0.39 is 17.9 Å². The van der Waals surface area contributed by atoms with Gasteiger partial charge in [-0.05, 0) is 24.6 Å². The van der Waals surface area contributed by atoms with Crippen LogP contribution in [0, 0.1) is 0 Å². The number of hydrogen-bond donors (Lipinski definition) is 5. The van der Waals surface area contributed by atoms with Crippen LogP contribution in [0.4, 0.5) is 11.4 Å². The third-order valence-corrected chi connectivity index (χ3v) is 4.67. The van der Waals surface area contributed by atoms with Gasteiger partial charge in [-0.25, -0.2) is 0 Å². The highest BCUT2D eigenvalue weighted by molar-refractivity contribution is 7.80. The summed E-state index contributed by atoms with van der Waals surface area (Å²) in [5.41, 5.74) is 5.00. The number of carbonyl (C=O) groups excluding carboxylic acids is 3. The maximum Gasteiger partial charge on any atom is 0.303 e. The van der Waals surface area contributed by atoms with Crippen LogP contribution in [-0.2, 0) is 14.4 Å². The summed E-state index contributed by atoms with van der Waals surface area (Å²) in [7, 11) is 0. The van der Waals surface area contributed by atoms with Crippen molar-refractivity contribution in [1.82, 2.24) is 0 Å². The monoisotopic (exact) mass is 480 g/mol. The Morgan fingerprint density at radius 2 is 1.69 bits per heavy atom. The summed E-state index contributed by atoms with van der Waals surface area (Å²) in [6, 6.07) is 12.6. The van der Waals surface area contributed by atoms with Crippen molar-refractivity contribution >= 4 is 59.2 Å². The van der Waals surface area contributed by atoms with E-state index in [1.807, 2.05) is 0 Å². The standard InChI is InChI=1S/C21H23N3O5S.CH3Cl/c22-16(12-30)21(29)23-14-9-10-17(24-18(25)7-4-8-19(26)27)15(11-14)20(28)13-5-2-1-3-6-13;1-2/h1-3,5-6,9-11,16,30H,4,7-8,12,22H2,(H,23,29)(H,24,25)(H,26,27);1H3/p+1. The first-order valence-corrected chi connectivity index (χ1v) is 11.1. The number of carbonyl (C=O) groups is 4. The Labute approximate surface area is 196 Å². The molecule has 0 spiro atoms. The lowest BCUT2D eigenvalue weighted by Crippen LogP contribution is -2.67. The van der Waals surface area contributed by atoms with Crippen molar-refractivity contribution < 1.29 is 30.0 Å². The fourth-order valence-corrected chi connectivity index (χ4v) is 2.77. The number of alkyl halides is 1. The number of anilines is 2. The van der Waals surface area contributed by atoms with Gasteiger partial charge in [0.15, 0.2) is 11.8 Å². The Balaban J connectivity index is 0.00000249. The minimum Gasteiger partial charge on any atom is -0.481 e. The molecule has 6 N–H and O–H groups in total. The molecule has 172 valence electrons. The van der Waals surface area contributed by atoms with Crippen LogP contribution in [0.15, 0.2) is 48.5 Å². The Morgan fingerprint density at radius 3 is 2.28 bits per heavy atom. The van der Waals surface area contributed by atoms with Crippen molar-refractivity contribution in [3.63, 3.8) is 0 Å². The molecule has 0 aliphatic heterocycles. The summed E-state index contributed by atoms with van der Waals surface area (Å²) in [5, 5.41) is 14.0. The Hall–Kier alpha value is -2.88. The summed E-state index contributed by atoms with van der Waals surface area (Å²) >= 11 is 8.69. The van der Waals surface area contributed by atoms with Gasteiger partial charge in [0.2, 0.25) is 5.91 Å². The summed E-state index contributed by atoms with van der Waals surface area (Å²) in [5.74, 6) is -1.77. The molecule has 0 bridgehead atoms. The minimum atomic E-state index is -0.979. The number of hydrogen-bond acceptors (Lipinski definition) is 5. The van der Waals surface area contributed by atoms with Crippen molar-refractivity contribution in [2.75, 3.05) is 22.8 Å². The molecule has 0 aliphatic rings. The Bertz CT molecular complexity index is 940. The molecule has 2 aromatic rings. The molecule has 2 amide bonds. The second-order valence-electron chi connectivity index (χ2n) is 6.62. The number of thiol groups is 1. The van der Waals surface area contributed by atoms with E-state index >= 15 is 0 Å². The van der Waals surface area contributed by atoms with Gasteiger partial charge in [0.05, 0.1) is 11.4 Å². The number of halogens is 1. The van der Waals surface area contributed by atoms with Crippen LogP contribution in [0.5, 0.6) is 0 Å². The van der Waals surface area contributed by atoms with Gasteiger partial charge >= 0.3 is 5.97 Å². The number of ketones is 1. The maximum atomic E-state index is 13.0. The van der Waals surface area contributed by atoms with Crippen molar-refractivity contribution in [1.29, 1.82) is 0 Å². The molecule has 10 heteroatoms. The molecule has 0 fully saturated rings. The van der Waals surface area contributed by atoms with E-state index in [-0.39, 0.29) is 48.0 Å². The number of quaternary nitrogens is 1. The van der Waals surface area contributed by atoms with Crippen LogP contribution >= 0.6 is 24.2 Å². The molecule has 0 aromatic heterocycles. The lowest BCUT2D eigenvalue weighted by Gasteiger charge is -2.14. The van der Waals surface area contributed by atoms with Gasteiger partial charge in [-0.15, -0.1) is 11.6 Å². The third-order valence-electron chi connectivity index (χ3n) is 4.23. The molecule has 32 heavy (non-hydrogen) atoms. The predicted octanol–water partition coefficient (Wildman–Crippen LogP) is 2.44. The van der Waals surface area contributed by atoms with E-state index in [4.69, 9.17) is 5.11 Å². The molecule has 2 aromatic carbocycles. The van der Waals surface area contributed by atoms with E-state index in [1.165, 1.54) is 18.5 Å². The minimum absolute atomic E-state index is 0.00881. The van der Waals surface area contributed by atoms with Crippen LogP contribution in [0.3, 0.4) is 0 Å². The number of aliphatic carboxylic acids is 1. The van der Waals surface area contributed by atoms with Gasteiger partial charge in [0.1, 0.15) is 0 Å². The van der Waals surface area contributed by atoms with E-state index in [0.29, 0.717) is 11.3 Å². The van der Waals surface area contributed by atoms with E-state index in [9.17, 15) is 19.2 Å². The second-order valence-corrected chi connectivity index (χ2v) is 6.98. The first-order chi connectivity index (χ1) is 15.3. The molecule has 0 saturated carbocycles. The molecule has 8 nitrogen and oxygen atoms in total. The highest BCUT2D eigenvalue weighted by Gasteiger charge is 2.19. The van der Waals surface area contributed by atoms with Crippen LogP contribution in [0.1, 0.15) is 35.2 Å². The van der Waals surface area contributed by atoms with Crippen LogP contribution < -0.4 is 16.4 Å². The normalized spacial score (nSPS) is 10.9. The van der Waals surface area contributed by atoms with E-state index in [2.05, 4.69) is 40.6 Å². The number of nitrogens with one attached hydrogen (secondary N) is 2. The molecule has 0 saturated heterocycles. The Kier molecular flexibility index (Phi) is 12.1. The zero-order valence-corrected chi connectivity index (χ0v) is 19.3. The second kappa shape index (κ2) is 14.2. The number of carboxylic acid groups (broad SMARTS) is 1. The van der Waals surface area contributed by atoms with E-state index in [1.54, 1.807) is 36.4 Å². The smallest absolute Gasteiger partial charge is 0.303 e. The number of carboxylic acids is 1. The van der Waals surface area contributed by atoms with Crippen molar-refractivity contribution in [2.45, 2.75) is 25.3 Å². The zero-order chi connectivity index (χ0) is 24.1. The zero-order valence-electron chi connectivity index (χ0n) is 17.6. The fourth-order valence-electron chi connectivity index (χ4n) is 2.60. The summed E-state index contributed by atoms with van der Waals surface area (Å²) in [6.45, 7) is 0. The largest absolute Gasteiger partial charge is 0.481 e. The average Bonchev–Trinajstić information content (AvgIpc) is 2.80. The molecular weight excluding hydrogens is 454 g/mol. The van der Waals surface area contributed by atoms with Gasteiger partial charge in [-0.2, -0.15) is 12.6 Å². The topological polar surface area (TPSA) is 140 Å². The average molecular weight is 481 g/mol. The van der Waals surface area contributed by atoms with Crippen molar-refractivity contribution in [2.24, 2.45) is 0 Å². The third kappa shape index (κ3) is 8.70. The highest BCUT2D eigenvalue weighted by Crippen LogP contribution is 2.24. The Morgan fingerprint density at radius 1 is 1.03 bits per heavy atom. The molecule has 1 unspecified atom stereocenters. The lowest BCUT2D eigenvalue weighted by molar-refractivity contribution is -0.395. The van der Waals surface area contributed by atoms with Crippen molar-refractivity contribution in [3.8, 4) is 0 Å². The molecular formula is C22H27ClN3O5S+. The first-order valence-electron chi connectivity index (χ1n) is 9.70. The molecule has 0 aliphatic carbocycles. The fraction of sp³-hybridized carbons (Fsp3) is 0.273. The SMILES string of the molecule is CCl.[NH3+]C(CS)C(=O)Nc1ccc(NC(=O)CCCC(=O)O)c(C(=O)c2ccccc2)c1. The number of rotatable bonds is 10. The molecule has 2 rings (SSSR count). The summed E-state index contributed by atoms with van der Waals surface area (Å²) in [6.07, 6.45) is 1.55. The van der Waals surface area contributed by atoms with Crippen LogP contribution in [0.25, 0.3) is 0 Å². The predicted molar refractivity (Wildman–Crippen MR) is 127 cm³/mol. The van der Waals surface area contributed by atoms with Crippen LogP contribution in [-0.4, -0.2) is 46.9 Å². The van der Waals surface area contributed by atoms with Crippen molar-refractivity contribution in [3.05, 3.63) is 59.7 Å². The molecule has 0 heterocycles. The molecule has 1 atom stereocenters. The van der Waals surface area contributed by atoms with E-state index in [0.717, 1.165) is 0 Å². The summed E-state index contributed by atoms with van der Waals surface area (Å²) in [4.78, 5) is 47.9. The van der Waals surface area contributed by atoms with Crippen LogP contribution in [0.2, 0.25) is 0 Å². The highest BCUT2D eigenvalue weighted by atomic mass is 35.5. The molecule has 0 radical (unpaired) electrons. The van der Waals surface area contributed by atoms with Gasteiger partial charge in [0, 0.05) is 36.0 Å². The lowest BCUT2D eigenvalue weighted by atomic mass is 10.0.